The predicted octanol–water partition coefficient (Wildman–Crippen LogP) is 1.89. The van der Waals surface area contributed by atoms with Crippen molar-refractivity contribution >= 4 is 11.6 Å². The molecule has 1 aromatic carbocycles. The molecule has 0 heterocycles. The summed E-state index contributed by atoms with van der Waals surface area (Å²) in [6.45, 7) is 2.81. The molecule has 1 aromatic rings. The van der Waals surface area contributed by atoms with Gasteiger partial charge in [0.05, 0.1) is 0 Å². The van der Waals surface area contributed by atoms with Crippen LogP contribution in [0, 0.1) is 0 Å². The normalized spacial score (nSPS) is 15.0. The van der Waals surface area contributed by atoms with Gasteiger partial charge in [0.25, 0.3) is 5.91 Å². The molecule has 15 heavy (non-hydrogen) atoms. The summed E-state index contributed by atoms with van der Waals surface area (Å²) in [6.07, 6.45) is 2.29. The molecule has 0 spiro atoms. The van der Waals surface area contributed by atoms with E-state index in [-0.39, 0.29) is 5.91 Å². The average Bonchev–Trinajstić information content (AvgIpc) is 3.04. The van der Waals surface area contributed by atoms with Crippen LogP contribution >= 0.6 is 0 Å². The lowest BCUT2D eigenvalue weighted by molar-refractivity contribution is 0.0752. The van der Waals surface area contributed by atoms with Gasteiger partial charge in [-0.05, 0) is 44.0 Å². The van der Waals surface area contributed by atoms with Gasteiger partial charge in [-0.3, -0.25) is 4.79 Å². The molecule has 1 aliphatic rings. The predicted molar refractivity (Wildman–Crippen MR) is 60.6 cm³/mol. The van der Waals surface area contributed by atoms with Gasteiger partial charge in [0.15, 0.2) is 0 Å². The maximum atomic E-state index is 12.1. The molecule has 2 N–H and O–H groups in total. The smallest absolute Gasteiger partial charge is 0.254 e. The van der Waals surface area contributed by atoms with E-state index in [4.69, 9.17) is 5.73 Å². The van der Waals surface area contributed by atoms with Gasteiger partial charge in [0.1, 0.15) is 0 Å². The molecule has 80 valence electrons. The molecule has 0 bridgehead atoms. The minimum atomic E-state index is 0.125. The maximum absolute atomic E-state index is 12.1. The second-order valence-electron chi connectivity index (χ2n) is 3.94. The Morgan fingerprint density at radius 3 is 2.47 bits per heavy atom. The minimum Gasteiger partial charge on any atom is -0.399 e. The van der Waals surface area contributed by atoms with E-state index in [9.17, 15) is 4.79 Å². The molecule has 1 aliphatic carbocycles. The van der Waals surface area contributed by atoms with Crippen LogP contribution in [0.4, 0.5) is 5.69 Å². The first-order valence-corrected chi connectivity index (χ1v) is 5.39. The average molecular weight is 204 g/mol. The maximum Gasteiger partial charge on any atom is 0.254 e. The first-order valence-electron chi connectivity index (χ1n) is 5.39. The summed E-state index contributed by atoms with van der Waals surface area (Å²) in [5.41, 5.74) is 7.01. The number of carbonyl (C=O) groups excluding carboxylic acids is 1. The molecule has 0 aliphatic heterocycles. The third-order valence-electron chi connectivity index (χ3n) is 2.75. The summed E-state index contributed by atoms with van der Waals surface area (Å²) in [6, 6.07) is 7.60. The number of nitrogen functional groups attached to an aromatic ring is 1. The number of amides is 1. The minimum absolute atomic E-state index is 0.125. The number of anilines is 1. The van der Waals surface area contributed by atoms with Crippen molar-refractivity contribution in [3.05, 3.63) is 29.8 Å². The van der Waals surface area contributed by atoms with Crippen molar-refractivity contribution in [1.29, 1.82) is 0 Å². The van der Waals surface area contributed by atoms with Gasteiger partial charge in [-0.2, -0.15) is 0 Å². The topological polar surface area (TPSA) is 46.3 Å². The third kappa shape index (κ3) is 2.12. The molecule has 0 aromatic heterocycles. The zero-order chi connectivity index (χ0) is 10.8. The molecule has 3 heteroatoms. The van der Waals surface area contributed by atoms with Crippen molar-refractivity contribution in [2.24, 2.45) is 0 Å². The second kappa shape index (κ2) is 3.93. The van der Waals surface area contributed by atoms with Crippen LogP contribution in [0.15, 0.2) is 24.3 Å². The number of benzene rings is 1. The van der Waals surface area contributed by atoms with Crippen LogP contribution in [-0.4, -0.2) is 23.4 Å². The highest BCUT2D eigenvalue weighted by atomic mass is 16.2. The van der Waals surface area contributed by atoms with Gasteiger partial charge in [0, 0.05) is 23.8 Å². The number of rotatable bonds is 3. The van der Waals surface area contributed by atoms with Gasteiger partial charge in [-0.15, -0.1) is 0 Å². The molecule has 0 saturated heterocycles. The van der Waals surface area contributed by atoms with Crippen LogP contribution < -0.4 is 5.73 Å². The largest absolute Gasteiger partial charge is 0.399 e. The molecule has 0 unspecified atom stereocenters. The Kier molecular flexibility index (Phi) is 2.62. The van der Waals surface area contributed by atoms with Crippen molar-refractivity contribution in [2.75, 3.05) is 12.3 Å². The summed E-state index contributed by atoms with van der Waals surface area (Å²) in [4.78, 5) is 14.0. The highest BCUT2D eigenvalue weighted by Gasteiger charge is 2.31. The van der Waals surface area contributed by atoms with Gasteiger partial charge in [-0.1, -0.05) is 0 Å². The van der Waals surface area contributed by atoms with Gasteiger partial charge < -0.3 is 10.6 Å². The van der Waals surface area contributed by atoms with Crippen LogP contribution in [0.1, 0.15) is 30.1 Å². The van der Waals surface area contributed by atoms with E-state index in [0.717, 1.165) is 24.9 Å². The van der Waals surface area contributed by atoms with Crippen molar-refractivity contribution in [2.45, 2.75) is 25.8 Å². The molecular formula is C12H16N2O. The molecule has 1 amide bonds. The summed E-state index contributed by atoms with van der Waals surface area (Å²) in [5.74, 6) is 0.125. The quantitative estimate of drug-likeness (QED) is 0.764. The molecule has 1 saturated carbocycles. The number of hydrogen-bond acceptors (Lipinski definition) is 2. The Balaban J connectivity index is 2.15. The Bertz CT molecular complexity index is 354. The fraction of sp³-hybridized carbons (Fsp3) is 0.417. The Morgan fingerprint density at radius 1 is 1.40 bits per heavy atom. The third-order valence-corrected chi connectivity index (χ3v) is 2.75. The van der Waals surface area contributed by atoms with E-state index in [2.05, 4.69) is 0 Å². The van der Waals surface area contributed by atoms with Crippen molar-refractivity contribution in [3.63, 3.8) is 0 Å². The van der Waals surface area contributed by atoms with Gasteiger partial charge >= 0.3 is 0 Å². The number of carbonyl (C=O) groups is 1. The lowest BCUT2D eigenvalue weighted by Gasteiger charge is -2.20. The van der Waals surface area contributed by atoms with Crippen LogP contribution in [0.3, 0.4) is 0 Å². The highest BCUT2D eigenvalue weighted by molar-refractivity contribution is 5.94. The second-order valence-corrected chi connectivity index (χ2v) is 3.94. The summed E-state index contributed by atoms with van der Waals surface area (Å²) >= 11 is 0. The molecule has 0 atom stereocenters. The summed E-state index contributed by atoms with van der Waals surface area (Å²) in [7, 11) is 0. The monoisotopic (exact) mass is 204 g/mol. The van der Waals surface area contributed by atoms with Crippen LogP contribution in [0.25, 0.3) is 0 Å². The lowest BCUT2D eigenvalue weighted by Crippen LogP contribution is -2.32. The van der Waals surface area contributed by atoms with Crippen molar-refractivity contribution in [3.8, 4) is 0 Å². The summed E-state index contributed by atoms with van der Waals surface area (Å²) in [5, 5.41) is 0. The summed E-state index contributed by atoms with van der Waals surface area (Å²) < 4.78 is 0. The Hall–Kier alpha value is -1.51. The zero-order valence-electron chi connectivity index (χ0n) is 8.94. The first-order chi connectivity index (χ1) is 7.22. The van der Waals surface area contributed by atoms with Crippen LogP contribution in [0.5, 0.6) is 0 Å². The van der Waals surface area contributed by atoms with E-state index < -0.39 is 0 Å². The standard InChI is InChI=1S/C12H16N2O/c1-2-14(11-7-8-11)12(15)9-3-5-10(13)6-4-9/h3-6,11H,2,7-8,13H2,1H3. The lowest BCUT2D eigenvalue weighted by atomic mass is 10.2. The van der Waals surface area contributed by atoms with E-state index in [1.54, 1.807) is 24.3 Å². The first kappa shape index (κ1) is 10.0. The van der Waals surface area contributed by atoms with E-state index in [1.165, 1.54) is 0 Å². The highest BCUT2D eigenvalue weighted by Crippen LogP contribution is 2.27. The Labute approximate surface area is 89.9 Å². The molecular weight excluding hydrogens is 188 g/mol. The molecule has 3 nitrogen and oxygen atoms in total. The van der Waals surface area contributed by atoms with Crippen LogP contribution in [-0.2, 0) is 0 Å². The number of hydrogen-bond donors (Lipinski definition) is 1. The molecule has 0 radical (unpaired) electrons. The molecule has 2 rings (SSSR count). The molecule has 1 fully saturated rings. The van der Waals surface area contributed by atoms with E-state index in [0.29, 0.717) is 11.7 Å². The number of nitrogens with two attached hydrogens (primary N) is 1. The van der Waals surface area contributed by atoms with Crippen molar-refractivity contribution in [1.82, 2.24) is 4.90 Å². The number of nitrogens with zero attached hydrogens (tertiary/aromatic N) is 1. The SMILES string of the molecule is CCN(C(=O)c1ccc(N)cc1)C1CC1. The van der Waals surface area contributed by atoms with Crippen LogP contribution in [0.2, 0.25) is 0 Å². The van der Waals surface area contributed by atoms with E-state index >= 15 is 0 Å². The fourth-order valence-corrected chi connectivity index (χ4v) is 1.75. The fourth-order valence-electron chi connectivity index (χ4n) is 1.75. The van der Waals surface area contributed by atoms with Crippen molar-refractivity contribution < 1.29 is 4.79 Å². The van der Waals surface area contributed by atoms with Gasteiger partial charge in [-0.25, -0.2) is 0 Å². The van der Waals surface area contributed by atoms with Gasteiger partial charge in [0.2, 0.25) is 0 Å². The zero-order valence-corrected chi connectivity index (χ0v) is 8.94. The van der Waals surface area contributed by atoms with E-state index in [1.807, 2.05) is 11.8 Å². The Morgan fingerprint density at radius 2 is 2.00 bits per heavy atom.